The Bertz CT molecular complexity index is 416. The Labute approximate surface area is 130 Å². The van der Waals surface area contributed by atoms with Gasteiger partial charge < -0.3 is 5.73 Å². The molecule has 1 aliphatic rings. The van der Waals surface area contributed by atoms with E-state index in [1.807, 2.05) is 11.3 Å². The second-order valence-corrected chi connectivity index (χ2v) is 8.80. The lowest BCUT2D eigenvalue weighted by atomic mass is 9.65. The molecule has 1 aromatic rings. The molecule has 0 aromatic carbocycles. The fraction of sp³-hybridized carbons (Fsp3) is 0.750. The van der Waals surface area contributed by atoms with Crippen molar-refractivity contribution >= 4 is 27.3 Å². The Balaban J connectivity index is 1.94. The summed E-state index contributed by atoms with van der Waals surface area (Å²) in [5.74, 6) is 0.851. The molecule has 1 fully saturated rings. The first kappa shape index (κ1) is 15.5. The molecule has 2 rings (SSSR count). The van der Waals surface area contributed by atoms with Crippen LogP contribution in [0.2, 0.25) is 0 Å². The van der Waals surface area contributed by atoms with Crippen molar-refractivity contribution in [3.05, 3.63) is 20.8 Å². The van der Waals surface area contributed by atoms with Gasteiger partial charge in [0, 0.05) is 20.3 Å². The van der Waals surface area contributed by atoms with Crippen molar-refractivity contribution in [2.75, 3.05) is 0 Å². The lowest BCUT2D eigenvalue weighted by molar-refractivity contribution is 0.115. The van der Waals surface area contributed by atoms with Gasteiger partial charge >= 0.3 is 0 Å². The first-order chi connectivity index (χ1) is 8.85. The summed E-state index contributed by atoms with van der Waals surface area (Å²) in [7, 11) is 0. The van der Waals surface area contributed by atoms with E-state index in [0.717, 1.165) is 12.3 Å². The molecule has 1 heterocycles. The monoisotopic (exact) mass is 343 g/mol. The van der Waals surface area contributed by atoms with E-state index < -0.39 is 0 Å². The molecule has 2 N–H and O–H groups in total. The van der Waals surface area contributed by atoms with E-state index in [-0.39, 0.29) is 5.54 Å². The Hall–Kier alpha value is 0.140. The second kappa shape index (κ2) is 5.87. The van der Waals surface area contributed by atoms with E-state index in [4.69, 9.17) is 5.73 Å². The number of rotatable bonds is 4. The molecular weight excluding hydrogens is 318 g/mol. The predicted molar refractivity (Wildman–Crippen MR) is 88.7 cm³/mol. The fourth-order valence-corrected chi connectivity index (χ4v) is 4.84. The topological polar surface area (TPSA) is 26.0 Å². The summed E-state index contributed by atoms with van der Waals surface area (Å²) >= 11 is 5.35. The van der Waals surface area contributed by atoms with Gasteiger partial charge in [0.25, 0.3) is 0 Å². The molecule has 0 bridgehead atoms. The van der Waals surface area contributed by atoms with E-state index in [0.29, 0.717) is 5.41 Å². The summed E-state index contributed by atoms with van der Waals surface area (Å²) in [5.41, 5.74) is 7.15. The van der Waals surface area contributed by atoms with Gasteiger partial charge in [-0.2, -0.15) is 0 Å². The molecule has 1 nitrogen and oxygen atoms in total. The molecule has 19 heavy (non-hydrogen) atoms. The maximum Gasteiger partial charge on any atom is 0.0285 e. The maximum absolute atomic E-state index is 6.64. The normalized spacial score (nSPS) is 28.6. The molecule has 1 aliphatic carbocycles. The minimum atomic E-state index is 0.0324. The van der Waals surface area contributed by atoms with Gasteiger partial charge in [0.2, 0.25) is 0 Å². The average Bonchev–Trinajstić information content (AvgIpc) is 2.74. The van der Waals surface area contributed by atoms with Crippen LogP contribution in [0, 0.1) is 11.3 Å². The molecule has 0 radical (unpaired) electrons. The van der Waals surface area contributed by atoms with Crippen molar-refractivity contribution in [2.45, 2.75) is 64.8 Å². The molecule has 1 saturated carbocycles. The van der Waals surface area contributed by atoms with Gasteiger partial charge in [0.15, 0.2) is 0 Å². The van der Waals surface area contributed by atoms with Crippen molar-refractivity contribution in [3.63, 3.8) is 0 Å². The Morgan fingerprint density at radius 2 is 2.05 bits per heavy atom. The molecular formula is C16H26BrNS. The Morgan fingerprint density at radius 1 is 1.42 bits per heavy atom. The molecule has 0 unspecified atom stereocenters. The van der Waals surface area contributed by atoms with E-state index in [1.165, 1.54) is 41.5 Å². The number of hydrogen-bond acceptors (Lipinski definition) is 2. The minimum absolute atomic E-state index is 0.0324. The van der Waals surface area contributed by atoms with Crippen LogP contribution in [0.25, 0.3) is 0 Å². The zero-order valence-electron chi connectivity index (χ0n) is 12.3. The highest BCUT2D eigenvalue weighted by molar-refractivity contribution is 9.10. The van der Waals surface area contributed by atoms with Gasteiger partial charge in [-0.05, 0) is 65.4 Å². The molecule has 0 atom stereocenters. The van der Waals surface area contributed by atoms with Gasteiger partial charge in [-0.1, -0.05) is 27.2 Å². The smallest absolute Gasteiger partial charge is 0.0285 e. The zero-order chi connectivity index (χ0) is 14.1. The maximum atomic E-state index is 6.64. The van der Waals surface area contributed by atoms with Gasteiger partial charge in [-0.25, -0.2) is 0 Å². The molecule has 1 aromatic heterocycles. The van der Waals surface area contributed by atoms with Crippen molar-refractivity contribution in [1.82, 2.24) is 0 Å². The standard InChI is InChI=1S/C16H26BrNS/c1-4-15(2,3)12-5-7-16(18,8-6-12)10-14-9-13(17)11-19-14/h9,11-12H,4-8,10,18H2,1-3H3. The largest absolute Gasteiger partial charge is 0.325 e. The molecule has 0 spiro atoms. The van der Waals surface area contributed by atoms with Crippen molar-refractivity contribution in [2.24, 2.45) is 17.1 Å². The van der Waals surface area contributed by atoms with Crippen LogP contribution in [-0.4, -0.2) is 5.54 Å². The van der Waals surface area contributed by atoms with Crippen molar-refractivity contribution in [1.29, 1.82) is 0 Å². The first-order valence-electron chi connectivity index (χ1n) is 7.36. The van der Waals surface area contributed by atoms with E-state index in [9.17, 15) is 0 Å². The highest BCUT2D eigenvalue weighted by Gasteiger charge is 2.37. The van der Waals surface area contributed by atoms with Crippen LogP contribution in [0.3, 0.4) is 0 Å². The third-order valence-corrected chi connectivity index (χ3v) is 6.84. The highest BCUT2D eigenvalue weighted by Crippen LogP contribution is 2.43. The fourth-order valence-electron chi connectivity index (χ4n) is 3.23. The molecule has 0 amide bonds. The van der Waals surface area contributed by atoms with Crippen LogP contribution in [0.5, 0.6) is 0 Å². The third kappa shape index (κ3) is 3.83. The highest BCUT2D eigenvalue weighted by atomic mass is 79.9. The Kier molecular flexibility index (Phi) is 4.79. The molecule has 0 aliphatic heterocycles. The van der Waals surface area contributed by atoms with E-state index in [1.54, 1.807) is 0 Å². The SMILES string of the molecule is CCC(C)(C)C1CCC(N)(Cc2cc(Br)cs2)CC1. The predicted octanol–water partition coefficient (Wildman–Crippen LogP) is 5.38. The summed E-state index contributed by atoms with van der Waals surface area (Å²) < 4.78 is 1.19. The van der Waals surface area contributed by atoms with Crippen molar-refractivity contribution in [3.8, 4) is 0 Å². The van der Waals surface area contributed by atoms with Gasteiger partial charge in [0.1, 0.15) is 0 Å². The van der Waals surface area contributed by atoms with Gasteiger partial charge in [0.05, 0.1) is 0 Å². The quantitative estimate of drug-likeness (QED) is 0.780. The average molecular weight is 344 g/mol. The Morgan fingerprint density at radius 3 is 2.53 bits per heavy atom. The lowest BCUT2D eigenvalue weighted by Gasteiger charge is -2.43. The summed E-state index contributed by atoms with van der Waals surface area (Å²) in [6.07, 6.45) is 7.26. The van der Waals surface area contributed by atoms with Crippen LogP contribution >= 0.6 is 27.3 Å². The summed E-state index contributed by atoms with van der Waals surface area (Å²) in [4.78, 5) is 1.42. The van der Waals surface area contributed by atoms with E-state index in [2.05, 4.69) is 48.1 Å². The van der Waals surface area contributed by atoms with Crippen LogP contribution in [0.1, 0.15) is 57.8 Å². The number of nitrogens with two attached hydrogens (primary N) is 1. The zero-order valence-corrected chi connectivity index (χ0v) is 14.7. The van der Waals surface area contributed by atoms with E-state index >= 15 is 0 Å². The summed E-state index contributed by atoms with van der Waals surface area (Å²) in [5, 5.41) is 2.16. The third-order valence-electron chi connectivity index (χ3n) is 5.15. The van der Waals surface area contributed by atoms with Gasteiger partial charge in [-0.15, -0.1) is 11.3 Å². The lowest BCUT2D eigenvalue weighted by Crippen LogP contribution is -2.46. The number of thiophene rings is 1. The number of halogens is 1. The molecule has 3 heteroatoms. The number of hydrogen-bond donors (Lipinski definition) is 1. The summed E-state index contributed by atoms with van der Waals surface area (Å²) in [6, 6.07) is 2.22. The van der Waals surface area contributed by atoms with Gasteiger partial charge in [-0.3, -0.25) is 0 Å². The van der Waals surface area contributed by atoms with Crippen LogP contribution in [-0.2, 0) is 6.42 Å². The minimum Gasteiger partial charge on any atom is -0.325 e. The van der Waals surface area contributed by atoms with Crippen LogP contribution < -0.4 is 5.73 Å². The molecule has 0 saturated heterocycles. The second-order valence-electron chi connectivity index (χ2n) is 6.89. The van der Waals surface area contributed by atoms with Crippen LogP contribution in [0.4, 0.5) is 0 Å². The summed E-state index contributed by atoms with van der Waals surface area (Å²) in [6.45, 7) is 7.14. The first-order valence-corrected chi connectivity index (χ1v) is 9.04. The van der Waals surface area contributed by atoms with Crippen LogP contribution in [0.15, 0.2) is 15.9 Å². The molecule has 108 valence electrons. The van der Waals surface area contributed by atoms with Crippen molar-refractivity contribution < 1.29 is 0 Å².